The van der Waals surface area contributed by atoms with Crippen LogP contribution in [0, 0.1) is 22.7 Å². The number of hydrogen-bond donors (Lipinski definition) is 1. The summed E-state index contributed by atoms with van der Waals surface area (Å²) < 4.78 is 6.30. The van der Waals surface area contributed by atoms with Crippen molar-refractivity contribution in [1.82, 2.24) is 4.90 Å². The molecule has 1 heterocycles. The molecule has 3 aliphatic rings. The van der Waals surface area contributed by atoms with E-state index in [-0.39, 0.29) is 11.5 Å². The van der Waals surface area contributed by atoms with Crippen LogP contribution >= 0.6 is 0 Å². The van der Waals surface area contributed by atoms with E-state index in [0.29, 0.717) is 18.1 Å². The Labute approximate surface area is 136 Å². The van der Waals surface area contributed by atoms with Crippen LogP contribution < -0.4 is 0 Å². The normalized spacial score (nSPS) is 40.2. The van der Waals surface area contributed by atoms with Crippen LogP contribution in [0.25, 0.3) is 0 Å². The van der Waals surface area contributed by atoms with Gasteiger partial charge in [-0.3, -0.25) is 0 Å². The van der Waals surface area contributed by atoms with Gasteiger partial charge in [0.15, 0.2) is 0 Å². The Kier molecular flexibility index (Phi) is 4.61. The van der Waals surface area contributed by atoms with Crippen molar-refractivity contribution in [2.45, 2.75) is 72.0 Å². The van der Waals surface area contributed by atoms with Crippen molar-refractivity contribution in [3.05, 3.63) is 0 Å². The first-order valence-electron chi connectivity index (χ1n) is 9.33. The van der Waals surface area contributed by atoms with Gasteiger partial charge in [-0.25, -0.2) is 0 Å². The van der Waals surface area contributed by atoms with E-state index in [0.717, 1.165) is 31.5 Å². The first-order valence-corrected chi connectivity index (χ1v) is 9.33. The van der Waals surface area contributed by atoms with Gasteiger partial charge < -0.3 is 14.7 Å². The SMILES string of the molecule is CC1CCN(C[C@H](O)CO[C@@H]2C(C)(C)[C@H]3CC[C@@]2(C)C3)CC1. The van der Waals surface area contributed by atoms with Crippen LogP contribution in [0.5, 0.6) is 0 Å². The summed E-state index contributed by atoms with van der Waals surface area (Å²) in [7, 11) is 0. The number of piperidine rings is 1. The summed E-state index contributed by atoms with van der Waals surface area (Å²) in [6, 6.07) is 0. The van der Waals surface area contributed by atoms with Gasteiger partial charge in [-0.2, -0.15) is 0 Å². The van der Waals surface area contributed by atoms with Crippen LogP contribution in [-0.4, -0.2) is 48.5 Å². The second-order valence-electron chi connectivity index (χ2n) is 9.27. The highest BCUT2D eigenvalue weighted by molar-refractivity contribution is 5.09. The van der Waals surface area contributed by atoms with Gasteiger partial charge in [0.25, 0.3) is 0 Å². The van der Waals surface area contributed by atoms with Crippen molar-refractivity contribution >= 4 is 0 Å². The molecule has 0 aromatic heterocycles. The number of fused-ring (bicyclic) bond motifs is 2. The summed E-state index contributed by atoms with van der Waals surface area (Å²) in [6.45, 7) is 13.0. The average molecular weight is 309 g/mol. The molecular formula is C19H35NO2. The largest absolute Gasteiger partial charge is 0.389 e. The van der Waals surface area contributed by atoms with E-state index in [9.17, 15) is 5.11 Å². The fraction of sp³-hybridized carbons (Fsp3) is 1.00. The zero-order valence-corrected chi connectivity index (χ0v) is 15.0. The Morgan fingerprint density at radius 1 is 1.18 bits per heavy atom. The first kappa shape index (κ1) is 16.7. The average Bonchev–Trinajstić information content (AvgIpc) is 2.92. The predicted molar refractivity (Wildman–Crippen MR) is 89.8 cm³/mol. The van der Waals surface area contributed by atoms with Gasteiger partial charge in [-0.1, -0.05) is 27.7 Å². The number of β-amino-alcohol motifs (C(OH)–C–C–N with tert-alkyl or cyclic N) is 1. The van der Waals surface area contributed by atoms with E-state index < -0.39 is 0 Å². The van der Waals surface area contributed by atoms with E-state index in [1.54, 1.807) is 0 Å². The molecule has 4 atom stereocenters. The summed E-state index contributed by atoms with van der Waals surface area (Å²) in [4.78, 5) is 2.40. The van der Waals surface area contributed by atoms with E-state index in [1.807, 2.05) is 0 Å². The molecule has 0 aromatic carbocycles. The Bertz CT molecular complexity index is 384. The maximum absolute atomic E-state index is 10.4. The zero-order chi connectivity index (χ0) is 16.0. The summed E-state index contributed by atoms with van der Waals surface area (Å²) in [6.07, 6.45) is 6.47. The molecule has 128 valence electrons. The molecule has 0 spiro atoms. The number of nitrogens with zero attached hydrogens (tertiary/aromatic N) is 1. The minimum absolute atomic E-state index is 0.271. The standard InChI is InChI=1S/C19H35NO2/c1-14-6-9-20(10-7-14)12-16(21)13-22-17-18(2,3)15-5-8-19(17,4)11-15/h14-17,21H,5-13H2,1-4H3/t15-,16-,17+,19-/m0/s1. The predicted octanol–water partition coefficient (Wildman–Crippen LogP) is 3.31. The lowest BCUT2D eigenvalue weighted by atomic mass is 9.70. The van der Waals surface area contributed by atoms with E-state index in [4.69, 9.17) is 4.74 Å². The second kappa shape index (κ2) is 6.07. The smallest absolute Gasteiger partial charge is 0.0900 e. The van der Waals surface area contributed by atoms with Crippen molar-refractivity contribution in [3.63, 3.8) is 0 Å². The third kappa shape index (κ3) is 3.09. The lowest BCUT2D eigenvalue weighted by molar-refractivity contribution is -0.114. The van der Waals surface area contributed by atoms with Crippen LogP contribution in [0.1, 0.15) is 59.8 Å². The van der Waals surface area contributed by atoms with Gasteiger partial charge in [0.2, 0.25) is 0 Å². The summed E-state index contributed by atoms with van der Waals surface area (Å²) in [5.41, 5.74) is 0.613. The molecule has 0 amide bonds. The van der Waals surface area contributed by atoms with E-state index in [2.05, 4.69) is 32.6 Å². The summed E-state index contributed by atoms with van der Waals surface area (Å²) in [5, 5.41) is 10.4. The molecule has 0 unspecified atom stereocenters. The lowest BCUT2D eigenvalue weighted by Gasteiger charge is -2.42. The molecule has 1 N–H and O–H groups in total. The minimum Gasteiger partial charge on any atom is -0.389 e. The first-order chi connectivity index (χ1) is 10.3. The minimum atomic E-state index is -0.341. The second-order valence-corrected chi connectivity index (χ2v) is 9.27. The molecular weight excluding hydrogens is 274 g/mol. The Hall–Kier alpha value is -0.120. The van der Waals surface area contributed by atoms with Crippen LogP contribution in [0.3, 0.4) is 0 Å². The molecule has 1 saturated heterocycles. The highest BCUT2D eigenvalue weighted by Gasteiger charge is 2.60. The third-order valence-corrected chi connectivity index (χ3v) is 6.94. The number of ether oxygens (including phenoxy) is 1. The zero-order valence-electron chi connectivity index (χ0n) is 15.0. The highest BCUT2D eigenvalue weighted by atomic mass is 16.5. The maximum Gasteiger partial charge on any atom is 0.0900 e. The molecule has 3 heteroatoms. The van der Waals surface area contributed by atoms with Gasteiger partial charge in [-0.15, -0.1) is 0 Å². The Morgan fingerprint density at radius 3 is 2.45 bits per heavy atom. The number of likely N-dealkylation sites (tertiary alicyclic amines) is 1. The number of rotatable bonds is 5. The van der Waals surface area contributed by atoms with Crippen LogP contribution in [-0.2, 0) is 4.74 Å². The summed E-state index contributed by atoms with van der Waals surface area (Å²) >= 11 is 0. The van der Waals surface area contributed by atoms with E-state index in [1.165, 1.54) is 32.1 Å². The van der Waals surface area contributed by atoms with Crippen LogP contribution in [0.4, 0.5) is 0 Å². The molecule has 3 nitrogen and oxygen atoms in total. The fourth-order valence-corrected chi connectivity index (χ4v) is 5.48. The molecule has 0 aromatic rings. The number of aliphatic hydroxyl groups excluding tert-OH is 1. The van der Waals surface area contributed by atoms with Gasteiger partial charge >= 0.3 is 0 Å². The molecule has 3 rings (SSSR count). The monoisotopic (exact) mass is 309 g/mol. The van der Waals surface area contributed by atoms with Gasteiger partial charge in [-0.05, 0) is 67.9 Å². The molecule has 2 bridgehead atoms. The molecule has 0 radical (unpaired) electrons. The quantitative estimate of drug-likeness (QED) is 0.846. The van der Waals surface area contributed by atoms with Crippen molar-refractivity contribution in [3.8, 4) is 0 Å². The number of aliphatic hydroxyl groups is 1. The highest BCUT2D eigenvalue weighted by Crippen LogP contribution is 2.63. The van der Waals surface area contributed by atoms with Gasteiger partial charge in [0.1, 0.15) is 0 Å². The van der Waals surface area contributed by atoms with Crippen molar-refractivity contribution in [2.24, 2.45) is 22.7 Å². The van der Waals surface area contributed by atoms with Crippen molar-refractivity contribution in [2.75, 3.05) is 26.2 Å². The van der Waals surface area contributed by atoms with Crippen molar-refractivity contribution in [1.29, 1.82) is 0 Å². The summed E-state index contributed by atoms with van der Waals surface area (Å²) in [5.74, 6) is 1.66. The molecule has 1 aliphatic heterocycles. The maximum atomic E-state index is 10.4. The van der Waals surface area contributed by atoms with Crippen LogP contribution in [0.15, 0.2) is 0 Å². The fourth-order valence-electron chi connectivity index (χ4n) is 5.48. The lowest BCUT2D eigenvalue weighted by Crippen LogP contribution is -2.45. The third-order valence-electron chi connectivity index (χ3n) is 6.94. The van der Waals surface area contributed by atoms with Crippen LogP contribution in [0.2, 0.25) is 0 Å². The van der Waals surface area contributed by atoms with Crippen molar-refractivity contribution < 1.29 is 9.84 Å². The van der Waals surface area contributed by atoms with Gasteiger partial charge in [0, 0.05) is 6.54 Å². The number of hydrogen-bond acceptors (Lipinski definition) is 3. The van der Waals surface area contributed by atoms with Gasteiger partial charge in [0.05, 0.1) is 18.8 Å². The Balaban J connectivity index is 1.48. The molecule has 3 fully saturated rings. The molecule has 2 saturated carbocycles. The topological polar surface area (TPSA) is 32.7 Å². The van der Waals surface area contributed by atoms with E-state index >= 15 is 0 Å². The molecule has 22 heavy (non-hydrogen) atoms. The molecule has 2 aliphatic carbocycles. The Morgan fingerprint density at radius 2 is 1.86 bits per heavy atom.